The number of phenols is 1. The van der Waals surface area contributed by atoms with Gasteiger partial charge in [0.05, 0.1) is 13.1 Å². The summed E-state index contributed by atoms with van der Waals surface area (Å²) in [7, 11) is 0. The Kier molecular flexibility index (Phi) is 5.32. The van der Waals surface area contributed by atoms with E-state index in [1.165, 1.54) is 0 Å². The third-order valence-corrected chi connectivity index (χ3v) is 6.08. The Morgan fingerprint density at radius 2 is 1.74 bits per heavy atom. The summed E-state index contributed by atoms with van der Waals surface area (Å²) in [5.74, 6) is -4.75. The molecule has 3 saturated heterocycles. The van der Waals surface area contributed by atoms with Crippen molar-refractivity contribution in [3.63, 3.8) is 0 Å². The number of benzene rings is 1. The van der Waals surface area contributed by atoms with Crippen LogP contribution in [0.15, 0.2) is 12.1 Å². The molecular formula is C19H21F5N4O3. The number of piperidine rings is 1. The topological polar surface area (TPSA) is 84.9 Å². The number of rotatable bonds is 6. The van der Waals surface area contributed by atoms with Gasteiger partial charge in [0.15, 0.2) is 17.4 Å². The molecule has 1 aromatic rings. The van der Waals surface area contributed by atoms with Crippen molar-refractivity contribution in [3.05, 3.63) is 23.8 Å². The number of hydrogen-bond acceptors (Lipinski definition) is 5. The van der Waals surface area contributed by atoms with Crippen LogP contribution in [0.3, 0.4) is 0 Å². The maximum Gasteiger partial charge on any atom is 0.411 e. The third kappa shape index (κ3) is 4.31. The van der Waals surface area contributed by atoms with Gasteiger partial charge >= 0.3 is 6.18 Å². The number of nitrogens with one attached hydrogen (secondary N) is 2. The Morgan fingerprint density at radius 1 is 1.10 bits per heavy atom. The number of hydrogen-bond donors (Lipinski definition) is 3. The highest BCUT2D eigenvalue weighted by Gasteiger charge is 2.64. The van der Waals surface area contributed by atoms with E-state index in [4.69, 9.17) is 0 Å². The van der Waals surface area contributed by atoms with E-state index >= 15 is 0 Å². The van der Waals surface area contributed by atoms with E-state index < -0.39 is 40.9 Å². The zero-order valence-electron chi connectivity index (χ0n) is 16.3. The maximum atomic E-state index is 13.3. The minimum absolute atomic E-state index is 0.0377. The van der Waals surface area contributed by atoms with Gasteiger partial charge in [0.2, 0.25) is 11.8 Å². The second-order valence-corrected chi connectivity index (χ2v) is 8.38. The molecule has 31 heavy (non-hydrogen) atoms. The largest absolute Gasteiger partial charge is 0.505 e. The lowest BCUT2D eigenvalue weighted by atomic mass is 9.87. The zero-order valence-corrected chi connectivity index (χ0v) is 16.3. The third-order valence-electron chi connectivity index (χ3n) is 6.08. The van der Waals surface area contributed by atoms with Gasteiger partial charge in [-0.15, -0.1) is 0 Å². The van der Waals surface area contributed by atoms with Crippen molar-refractivity contribution in [1.29, 1.82) is 0 Å². The van der Waals surface area contributed by atoms with Crippen LogP contribution in [0.4, 0.5) is 27.6 Å². The van der Waals surface area contributed by atoms with Gasteiger partial charge in [-0.2, -0.15) is 17.6 Å². The quantitative estimate of drug-likeness (QED) is 0.576. The average molecular weight is 448 g/mol. The molecule has 3 N–H and O–H groups in total. The van der Waals surface area contributed by atoms with Gasteiger partial charge in [0, 0.05) is 43.0 Å². The zero-order chi connectivity index (χ0) is 22.6. The number of fused-ring (bicyclic) bond motifs is 2. The molecule has 5 rings (SSSR count). The summed E-state index contributed by atoms with van der Waals surface area (Å²) in [6, 6.07) is 1.56. The van der Waals surface area contributed by atoms with Crippen LogP contribution in [-0.4, -0.2) is 76.7 Å². The molecular weight excluding hydrogens is 427 g/mol. The summed E-state index contributed by atoms with van der Waals surface area (Å²) in [5, 5.41) is 13.8. The van der Waals surface area contributed by atoms with Crippen LogP contribution >= 0.6 is 0 Å². The number of alkyl halides is 3. The molecule has 0 aromatic heterocycles. The van der Waals surface area contributed by atoms with Crippen LogP contribution in [0.2, 0.25) is 0 Å². The maximum absolute atomic E-state index is 13.3. The van der Waals surface area contributed by atoms with Gasteiger partial charge in [-0.3, -0.25) is 19.4 Å². The van der Waals surface area contributed by atoms with Gasteiger partial charge in [0.25, 0.3) is 0 Å². The van der Waals surface area contributed by atoms with Crippen LogP contribution in [0.25, 0.3) is 0 Å². The Morgan fingerprint density at radius 3 is 2.29 bits per heavy atom. The Hall–Kier alpha value is -2.47. The van der Waals surface area contributed by atoms with Gasteiger partial charge in [-0.25, -0.2) is 4.39 Å². The molecule has 2 amide bonds. The number of aromatic hydroxyl groups is 1. The summed E-state index contributed by atoms with van der Waals surface area (Å²) in [6.45, 7) is 0.737. The van der Waals surface area contributed by atoms with Crippen molar-refractivity contribution in [1.82, 2.24) is 15.1 Å². The van der Waals surface area contributed by atoms with Crippen molar-refractivity contribution < 1.29 is 36.6 Å². The number of carbonyl (C=O) groups excluding carboxylic acids is 2. The molecule has 4 fully saturated rings. The smallest absolute Gasteiger partial charge is 0.411 e. The molecule has 0 spiro atoms. The van der Waals surface area contributed by atoms with Crippen LogP contribution in [-0.2, 0) is 9.59 Å². The second-order valence-electron chi connectivity index (χ2n) is 8.38. The summed E-state index contributed by atoms with van der Waals surface area (Å²) < 4.78 is 65.4. The summed E-state index contributed by atoms with van der Waals surface area (Å²) in [6.07, 6.45) is -3.88. The SMILES string of the molecule is O=C(CN1CC2CC(C1)N2CC(=O)NC1(C(F)(F)F)CC1)Nc1cc(O)c(F)c(F)c1. The first-order valence-electron chi connectivity index (χ1n) is 9.81. The lowest BCUT2D eigenvalue weighted by Crippen LogP contribution is -2.70. The molecule has 3 aliphatic heterocycles. The number of halogens is 5. The molecule has 2 unspecified atom stereocenters. The number of piperazine rings is 1. The normalized spacial score (nSPS) is 24.9. The van der Waals surface area contributed by atoms with E-state index in [0.717, 1.165) is 18.6 Å². The molecule has 12 heteroatoms. The highest BCUT2D eigenvalue weighted by Crippen LogP contribution is 2.49. The van der Waals surface area contributed by atoms with E-state index in [0.29, 0.717) is 13.1 Å². The Bertz CT molecular complexity index is 870. The van der Waals surface area contributed by atoms with Crippen LogP contribution in [0, 0.1) is 11.6 Å². The number of anilines is 1. The van der Waals surface area contributed by atoms with Crippen molar-refractivity contribution in [3.8, 4) is 5.75 Å². The fourth-order valence-corrected chi connectivity index (χ4v) is 4.29. The predicted octanol–water partition coefficient (Wildman–Crippen LogP) is 1.58. The molecule has 2 bridgehead atoms. The second kappa shape index (κ2) is 7.59. The van der Waals surface area contributed by atoms with Gasteiger partial charge < -0.3 is 15.7 Å². The first-order valence-corrected chi connectivity index (χ1v) is 9.81. The summed E-state index contributed by atoms with van der Waals surface area (Å²) in [5.41, 5.74) is -2.16. The molecule has 1 aromatic carbocycles. The van der Waals surface area contributed by atoms with Crippen molar-refractivity contribution in [2.24, 2.45) is 0 Å². The van der Waals surface area contributed by atoms with Crippen LogP contribution in [0.1, 0.15) is 19.3 Å². The number of carbonyl (C=O) groups is 2. The predicted molar refractivity (Wildman–Crippen MR) is 98.2 cm³/mol. The number of amides is 2. The standard InChI is InChI=1S/C19H21F5N4O3/c20-13-3-10(4-14(29)17(13)21)25-15(30)8-27-6-11-5-12(7-27)28(11)9-16(31)26-18(1-2-18)19(22,23)24/h3-4,11-12,29H,1-2,5-9H2,(H,25,30)(H,26,31). The van der Waals surface area contributed by atoms with E-state index in [2.05, 4.69) is 10.6 Å². The lowest BCUT2D eigenvalue weighted by Gasteiger charge is -2.56. The fourth-order valence-electron chi connectivity index (χ4n) is 4.29. The molecule has 2 atom stereocenters. The Balaban J connectivity index is 1.25. The van der Waals surface area contributed by atoms with Crippen LogP contribution < -0.4 is 10.6 Å². The molecule has 1 aliphatic carbocycles. The van der Waals surface area contributed by atoms with Crippen molar-refractivity contribution in [2.75, 3.05) is 31.5 Å². The highest BCUT2D eigenvalue weighted by atomic mass is 19.4. The number of phenolic OH excluding ortho intramolecular Hbond substituents is 1. The van der Waals surface area contributed by atoms with Crippen LogP contribution in [0.5, 0.6) is 5.75 Å². The average Bonchev–Trinajstić information content (AvgIpc) is 3.45. The minimum atomic E-state index is -4.46. The highest BCUT2D eigenvalue weighted by molar-refractivity contribution is 5.92. The molecule has 1 saturated carbocycles. The minimum Gasteiger partial charge on any atom is -0.505 e. The monoisotopic (exact) mass is 448 g/mol. The molecule has 3 heterocycles. The molecule has 7 nitrogen and oxygen atoms in total. The van der Waals surface area contributed by atoms with Crippen molar-refractivity contribution in [2.45, 2.75) is 43.1 Å². The summed E-state index contributed by atoms with van der Waals surface area (Å²) >= 11 is 0. The van der Waals surface area contributed by atoms with Gasteiger partial charge in [0.1, 0.15) is 5.54 Å². The lowest BCUT2D eigenvalue weighted by molar-refractivity contribution is -0.172. The van der Waals surface area contributed by atoms with E-state index in [9.17, 15) is 36.6 Å². The molecule has 0 radical (unpaired) electrons. The molecule has 4 aliphatic rings. The Labute approximate surface area is 174 Å². The van der Waals surface area contributed by atoms with Crippen molar-refractivity contribution >= 4 is 17.5 Å². The first kappa shape index (κ1) is 21.8. The fraction of sp³-hybridized carbons (Fsp3) is 0.579. The number of nitrogens with zero attached hydrogens (tertiary/aromatic N) is 2. The van der Waals surface area contributed by atoms with Gasteiger partial charge in [-0.1, -0.05) is 0 Å². The van der Waals surface area contributed by atoms with E-state index in [-0.39, 0.29) is 43.7 Å². The molecule has 170 valence electrons. The summed E-state index contributed by atoms with van der Waals surface area (Å²) in [4.78, 5) is 28.0. The van der Waals surface area contributed by atoms with E-state index in [1.54, 1.807) is 0 Å². The van der Waals surface area contributed by atoms with E-state index in [1.807, 2.05) is 9.80 Å². The van der Waals surface area contributed by atoms with Gasteiger partial charge in [-0.05, 0) is 19.3 Å². The first-order chi connectivity index (χ1) is 14.5.